The number of rotatable bonds is 2. The van der Waals surface area contributed by atoms with Crippen LogP contribution in [0.25, 0.3) is 0 Å². The summed E-state index contributed by atoms with van der Waals surface area (Å²) in [4.78, 5) is 0. The van der Waals surface area contributed by atoms with Crippen LogP contribution in [0.4, 0.5) is 0 Å². The summed E-state index contributed by atoms with van der Waals surface area (Å²) in [5.74, 6) is 0. The van der Waals surface area contributed by atoms with Gasteiger partial charge < -0.3 is 5.11 Å². The highest BCUT2D eigenvalue weighted by Crippen LogP contribution is 2.34. The molecule has 1 aliphatic rings. The molecule has 0 atom stereocenters. The lowest BCUT2D eigenvalue weighted by Gasteiger charge is -2.27. The Labute approximate surface area is 113 Å². The molecule has 94 valence electrons. The molecule has 1 fully saturated rings. The van der Waals surface area contributed by atoms with Gasteiger partial charge in [0.15, 0.2) is 0 Å². The molecule has 2 rings (SSSR count). The lowest BCUT2D eigenvalue weighted by atomic mass is 9.87. The van der Waals surface area contributed by atoms with Crippen molar-refractivity contribution in [1.82, 2.24) is 0 Å². The Hall–Kier alpha value is -0.240. The summed E-state index contributed by atoms with van der Waals surface area (Å²) in [6, 6.07) is 5.51. The molecule has 0 amide bonds. The first-order chi connectivity index (χ1) is 8.11. The Bertz CT molecular complexity index is 362. The van der Waals surface area contributed by atoms with E-state index in [1.165, 1.54) is 12.8 Å². The second-order valence-electron chi connectivity index (χ2n) is 5.02. The largest absolute Gasteiger partial charge is 0.390 e. The minimum Gasteiger partial charge on any atom is -0.390 e. The summed E-state index contributed by atoms with van der Waals surface area (Å²) in [5.41, 5.74) is 0.269. The maximum atomic E-state index is 10.6. The van der Waals surface area contributed by atoms with Crippen LogP contribution in [0.15, 0.2) is 18.2 Å². The molecule has 1 saturated carbocycles. The van der Waals surface area contributed by atoms with E-state index in [-0.39, 0.29) is 0 Å². The van der Waals surface area contributed by atoms with Gasteiger partial charge in [-0.2, -0.15) is 0 Å². The van der Waals surface area contributed by atoms with Crippen LogP contribution >= 0.6 is 23.2 Å². The third kappa shape index (κ3) is 3.37. The molecule has 0 bridgehead atoms. The van der Waals surface area contributed by atoms with Crippen LogP contribution < -0.4 is 0 Å². The third-order valence-corrected chi connectivity index (χ3v) is 4.31. The van der Waals surface area contributed by atoms with Gasteiger partial charge in [-0.1, -0.05) is 55.0 Å². The van der Waals surface area contributed by atoms with Gasteiger partial charge in [0.1, 0.15) is 0 Å². The van der Waals surface area contributed by atoms with Crippen molar-refractivity contribution in [3.05, 3.63) is 33.8 Å². The highest BCUT2D eigenvalue weighted by molar-refractivity contribution is 6.36. The van der Waals surface area contributed by atoms with Crippen LogP contribution in [0, 0.1) is 0 Å². The number of hydrogen-bond donors (Lipinski definition) is 1. The van der Waals surface area contributed by atoms with E-state index in [2.05, 4.69) is 0 Å². The van der Waals surface area contributed by atoms with Crippen molar-refractivity contribution in [2.24, 2.45) is 0 Å². The van der Waals surface area contributed by atoms with Gasteiger partial charge in [-0.25, -0.2) is 0 Å². The maximum absolute atomic E-state index is 10.6. The van der Waals surface area contributed by atoms with Crippen LogP contribution in [0.1, 0.15) is 44.1 Å². The number of hydrogen-bond acceptors (Lipinski definition) is 1. The Balaban J connectivity index is 2.18. The summed E-state index contributed by atoms with van der Waals surface area (Å²) in [6.45, 7) is 0. The summed E-state index contributed by atoms with van der Waals surface area (Å²) >= 11 is 12.3. The molecule has 0 spiro atoms. The van der Waals surface area contributed by atoms with Crippen LogP contribution in [0.5, 0.6) is 0 Å². The third-order valence-electron chi connectivity index (χ3n) is 3.60. The van der Waals surface area contributed by atoms with Crippen molar-refractivity contribution in [2.45, 2.75) is 50.5 Å². The lowest BCUT2D eigenvalue weighted by Crippen LogP contribution is -2.30. The smallest absolute Gasteiger partial charge is 0.0689 e. The van der Waals surface area contributed by atoms with Gasteiger partial charge in [0.05, 0.1) is 5.60 Å². The maximum Gasteiger partial charge on any atom is 0.0689 e. The van der Waals surface area contributed by atoms with Gasteiger partial charge in [0.25, 0.3) is 0 Å². The number of benzene rings is 1. The minimum absolute atomic E-state index is 0.575. The first kappa shape index (κ1) is 13.2. The summed E-state index contributed by atoms with van der Waals surface area (Å²) in [6.07, 6.45) is 6.92. The Morgan fingerprint density at radius 3 is 2.06 bits per heavy atom. The van der Waals surface area contributed by atoms with E-state index in [1.54, 1.807) is 0 Å². The first-order valence-corrected chi connectivity index (χ1v) is 7.02. The van der Waals surface area contributed by atoms with Crippen LogP contribution in [0.2, 0.25) is 10.0 Å². The van der Waals surface area contributed by atoms with Crippen LogP contribution in [-0.4, -0.2) is 10.7 Å². The summed E-state index contributed by atoms with van der Waals surface area (Å²) in [5, 5.41) is 12.0. The molecule has 1 aliphatic carbocycles. The van der Waals surface area contributed by atoms with Gasteiger partial charge in [-0.15, -0.1) is 0 Å². The van der Waals surface area contributed by atoms with Crippen molar-refractivity contribution in [2.75, 3.05) is 0 Å². The van der Waals surface area contributed by atoms with E-state index >= 15 is 0 Å². The van der Waals surface area contributed by atoms with Gasteiger partial charge in [-0.3, -0.25) is 0 Å². The summed E-state index contributed by atoms with van der Waals surface area (Å²) in [7, 11) is 0. The van der Waals surface area contributed by atoms with Crippen LogP contribution in [0.3, 0.4) is 0 Å². The van der Waals surface area contributed by atoms with E-state index < -0.39 is 5.60 Å². The minimum atomic E-state index is -0.620. The molecule has 0 radical (unpaired) electrons. The molecular formula is C14H18Cl2O. The van der Waals surface area contributed by atoms with Crippen molar-refractivity contribution < 1.29 is 5.11 Å². The van der Waals surface area contributed by atoms with E-state index in [0.29, 0.717) is 16.5 Å². The molecule has 17 heavy (non-hydrogen) atoms. The molecule has 1 N–H and O–H groups in total. The van der Waals surface area contributed by atoms with Gasteiger partial charge in [-0.05, 0) is 30.5 Å². The second kappa shape index (κ2) is 5.60. The highest BCUT2D eigenvalue weighted by Gasteiger charge is 2.29. The number of aliphatic hydroxyl groups is 1. The Morgan fingerprint density at radius 2 is 1.53 bits per heavy atom. The van der Waals surface area contributed by atoms with Crippen molar-refractivity contribution in [1.29, 1.82) is 0 Å². The predicted octanol–water partition coefficient (Wildman–Crippen LogP) is 4.62. The zero-order valence-electron chi connectivity index (χ0n) is 9.88. The molecule has 0 aromatic heterocycles. The van der Waals surface area contributed by atoms with E-state index in [0.717, 1.165) is 31.2 Å². The Morgan fingerprint density at radius 1 is 1.00 bits per heavy atom. The van der Waals surface area contributed by atoms with Crippen molar-refractivity contribution in [3.63, 3.8) is 0 Å². The van der Waals surface area contributed by atoms with Crippen LogP contribution in [-0.2, 0) is 6.42 Å². The monoisotopic (exact) mass is 272 g/mol. The molecule has 0 unspecified atom stereocenters. The molecular weight excluding hydrogens is 255 g/mol. The average Bonchev–Trinajstić information content (AvgIpc) is 2.49. The fourth-order valence-electron chi connectivity index (χ4n) is 2.59. The zero-order valence-corrected chi connectivity index (χ0v) is 11.4. The van der Waals surface area contributed by atoms with E-state index in [1.807, 2.05) is 18.2 Å². The molecule has 1 aromatic carbocycles. The topological polar surface area (TPSA) is 20.2 Å². The first-order valence-electron chi connectivity index (χ1n) is 6.26. The molecule has 3 heteroatoms. The van der Waals surface area contributed by atoms with Crippen molar-refractivity contribution >= 4 is 23.2 Å². The molecule has 1 aromatic rings. The van der Waals surface area contributed by atoms with Crippen molar-refractivity contribution in [3.8, 4) is 0 Å². The predicted molar refractivity (Wildman–Crippen MR) is 72.8 cm³/mol. The SMILES string of the molecule is OC1(Cc2c(Cl)cccc2Cl)CCCCCC1. The van der Waals surface area contributed by atoms with Gasteiger partial charge in [0.2, 0.25) is 0 Å². The van der Waals surface area contributed by atoms with E-state index in [9.17, 15) is 5.11 Å². The highest BCUT2D eigenvalue weighted by atomic mass is 35.5. The standard InChI is InChI=1S/C14H18Cl2O/c15-12-6-5-7-13(16)11(12)10-14(17)8-3-1-2-4-9-14/h5-7,17H,1-4,8-10H2. The fraction of sp³-hybridized carbons (Fsp3) is 0.571. The molecule has 0 saturated heterocycles. The Kier molecular flexibility index (Phi) is 4.35. The zero-order chi connectivity index (χ0) is 12.3. The van der Waals surface area contributed by atoms with Gasteiger partial charge in [0, 0.05) is 16.5 Å². The summed E-state index contributed by atoms with van der Waals surface area (Å²) < 4.78 is 0. The molecule has 1 nitrogen and oxygen atoms in total. The lowest BCUT2D eigenvalue weighted by molar-refractivity contribution is 0.0253. The normalized spacial score (nSPS) is 19.9. The average molecular weight is 273 g/mol. The van der Waals surface area contributed by atoms with E-state index in [4.69, 9.17) is 23.2 Å². The quantitative estimate of drug-likeness (QED) is 0.779. The molecule has 0 heterocycles. The fourth-order valence-corrected chi connectivity index (χ4v) is 3.12. The molecule has 0 aliphatic heterocycles. The second-order valence-corrected chi connectivity index (χ2v) is 5.83. The van der Waals surface area contributed by atoms with Gasteiger partial charge >= 0.3 is 0 Å². The number of halogens is 2.